The SMILES string of the molecule is O=C(O)C1CCC1C(=O)Nc1cccc(OC(F)F)c1. The highest BCUT2D eigenvalue weighted by Gasteiger charge is 2.41. The first-order valence-corrected chi connectivity index (χ1v) is 6.06. The highest BCUT2D eigenvalue weighted by Crippen LogP contribution is 2.35. The van der Waals surface area contributed by atoms with Gasteiger partial charge in [0.2, 0.25) is 5.91 Å². The van der Waals surface area contributed by atoms with Crippen LogP contribution in [-0.2, 0) is 9.59 Å². The van der Waals surface area contributed by atoms with Crippen LogP contribution in [0.15, 0.2) is 24.3 Å². The molecule has 1 aliphatic carbocycles. The van der Waals surface area contributed by atoms with Gasteiger partial charge in [-0.3, -0.25) is 9.59 Å². The van der Waals surface area contributed by atoms with Crippen LogP contribution in [0.2, 0.25) is 0 Å². The first-order valence-electron chi connectivity index (χ1n) is 6.06. The molecule has 1 aliphatic rings. The van der Waals surface area contributed by atoms with Gasteiger partial charge in [0.1, 0.15) is 5.75 Å². The Hall–Kier alpha value is -2.18. The third-order valence-electron chi connectivity index (χ3n) is 3.26. The number of amides is 1. The number of rotatable bonds is 5. The second-order valence-corrected chi connectivity index (χ2v) is 4.52. The third kappa shape index (κ3) is 3.23. The van der Waals surface area contributed by atoms with Gasteiger partial charge in [0.05, 0.1) is 11.8 Å². The standard InChI is InChI=1S/C13H13F2NO4/c14-13(15)20-8-3-1-2-7(6-8)16-11(17)9-4-5-10(9)12(18)19/h1-3,6,9-10,13H,4-5H2,(H,16,17)(H,18,19). The Labute approximate surface area is 113 Å². The van der Waals surface area contributed by atoms with E-state index in [2.05, 4.69) is 10.1 Å². The molecule has 0 heterocycles. The topological polar surface area (TPSA) is 75.6 Å². The van der Waals surface area contributed by atoms with Crippen LogP contribution in [-0.4, -0.2) is 23.6 Å². The monoisotopic (exact) mass is 285 g/mol. The lowest BCUT2D eigenvalue weighted by Gasteiger charge is -2.31. The molecule has 2 unspecified atom stereocenters. The van der Waals surface area contributed by atoms with Gasteiger partial charge < -0.3 is 15.2 Å². The van der Waals surface area contributed by atoms with Crippen molar-refractivity contribution in [3.63, 3.8) is 0 Å². The first-order chi connectivity index (χ1) is 9.47. The molecule has 2 N–H and O–H groups in total. The molecule has 0 aliphatic heterocycles. The summed E-state index contributed by atoms with van der Waals surface area (Å²) >= 11 is 0. The van der Waals surface area contributed by atoms with Crippen molar-refractivity contribution in [2.75, 3.05) is 5.32 Å². The lowest BCUT2D eigenvalue weighted by atomic mass is 9.73. The zero-order valence-corrected chi connectivity index (χ0v) is 10.4. The second kappa shape index (κ2) is 5.85. The summed E-state index contributed by atoms with van der Waals surface area (Å²) in [7, 11) is 0. The number of carbonyl (C=O) groups excluding carboxylic acids is 1. The van der Waals surface area contributed by atoms with E-state index in [1.165, 1.54) is 24.3 Å². The van der Waals surface area contributed by atoms with E-state index in [0.29, 0.717) is 18.5 Å². The van der Waals surface area contributed by atoms with Crippen molar-refractivity contribution in [1.29, 1.82) is 0 Å². The van der Waals surface area contributed by atoms with Crippen LogP contribution in [0.5, 0.6) is 5.75 Å². The largest absolute Gasteiger partial charge is 0.481 e. The van der Waals surface area contributed by atoms with Crippen molar-refractivity contribution in [3.05, 3.63) is 24.3 Å². The zero-order chi connectivity index (χ0) is 14.7. The lowest BCUT2D eigenvalue weighted by molar-refractivity contribution is -0.151. The molecule has 108 valence electrons. The number of carboxylic acid groups (broad SMARTS) is 1. The summed E-state index contributed by atoms with van der Waals surface area (Å²) in [5, 5.41) is 11.4. The number of benzene rings is 1. The minimum Gasteiger partial charge on any atom is -0.481 e. The van der Waals surface area contributed by atoms with Gasteiger partial charge in [0.25, 0.3) is 0 Å². The number of nitrogens with one attached hydrogen (secondary N) is 1. The molecule has 1 aromatic carbocycles. The molecule has 0 bridgehead atoms. The summed E-state index contributed by atoms with van der Waals surface area (Å²) in [5.74, 6) is -2.73. The minimum atomic E-state index is -2.94. The molecule has 2 rings (SSSR count). The van der Waals surface area contributed by atoms with Gasteiger partial charge >= 0.3 is 12.6 Å². The Morgan fingerprint density at radius 1 is 1.30 bits per heavy atom. The number of hydrogen-bond acceptors (Lipinski definition) is 3. The molecule has 1 fully saturated rings. The number of carbonyl (C=O) groups is 2. The van der Waals surface area contributed by atoms with E-state index in [1.807, 2.05) is 0 Å². The van der Waals surface area contributed by atoms with Crippen molar-refractivity contribution in [2.45, 2.75) is 19.5 Å². The third-order valence-corrected chi connectivity index (χ3v) is 3.26. The van der Waals surface area contributed by atoms with E-state index in [-0.39, 0.29) is 5.75 Å². The maximum Gasteiger partial charge on any atom is 0.387 e. The average Bonchev–Trinajstić information content (AvgIpc) is 2.25. The van der Waals surface area contributed by atoms with E-state index in [4.69, 9.17) is 5.11 Å². The van der Waals surface area contributed by atoms with Gasteiger partial charge in [-0.25, -0.2) is 0 Å². The minimum absolute atomic E-state index is 0.0683. The predicted molar refractivity (Wildman–Crippen MR) is 65.6 cm³/mol. The maximum absolute atomic E-state index is 12.1. The van der Waals surface area contributed by atoms with Gasteiger partial charge in [-0.05, 0) is 25.0 Å². The number of aliphatic carboxylic acids is 1. The smallest absolute Gasteiger partial charge is 0.387 e. The Morgan fingerprint density at radius 2 is 2.00 bits per heavy atom. The van der Waals surface area contributed by atoms with E-state index in [9.17, 15) is 18.4 Å². The molecule has 7 heteroatoms. The highest BCUT2D eigenvalue weighted by molar-refractivity contribution is 5.96. The van der Waals surface area contributed by atoms with Crippen molar-refractivity contribution in [1.82, 2.24) is 0 Å². The normalized spacial score (nSPS) is 21.1. The Kier molecular flexibility index (Phi) is 4.16. The summed E-state index contributed by atoms with van der Waals surface area (Å²) in [6.07, 6.45) is 0.984. The van der Waals surface area contributed by atoms with Crippen molar-refractivity contribution in [2.24, 2.45) is 11.8 Å². The molecular formula is C13H13F2NO4. The molecule has 1 saturated carbocycles. The summed E-state index contributed by atoms with van der Waals surface area (Å²) in [5.41, 5.74) is 0.296. The van der Waals surface area contributed by atoms with Crippen LogP contribution in [0.25, 0.3) is 0 Å². The Morgan fingerprint density at radius 3 is 2.55 bits per heavy atom. The summed E-state index contributed by atoms with van der Waals surface area (Å²) in [6.45, 7) is -2.94. The summed E-state index contributed by atoms with van der Waals surface area (Å²) in [4.78, 5) is 22.7. The van der Waals surface area contributed by atoms with Gasteiger partial charge in [-0.15, -0.1) is 0 Å². The quantitative estimate of drug-likeness (QED) is 0.870. The van der Waals surface area contributed by atoms with E-state index in [1.54, 1.807) is 0 Å². The molecule has 1 aromatic rings. The number of carboxylic acids is 1. The molecule has 0 saturated heterocycles. The van der Waals surface area contributed by atoms with Crippen molar-refractivity contribution >= 4 is 17.6 Å². The fourth-order valence-electron chi connectivity index (χ4n) is 2.09. The Bertz CT molecular complexity index is 521. The van der Waals surface area contributed by atoms with Gasteiger partial charge in [-0.2, -0.15) is 8.78 Å². The fraction of sp³-hybridized carbons (Fsp3) is 0.385. The number of halogens is 2. The Balaban J connectivity index is 1.99. The van der Waals surface area contributed by atoms with E-state index >= 15 is 0 Å². The lowest BCUT2D eigenvalue weighted by Crippen LogP contribution is -2.41. The van der Waals surface area contributed by atoms with Crippen LogP contribution in [0.3, 0.4) is 0 Å². The van der Waals surface area contributed by atoms with Crippen LogP contribution >= 0.6 is 0 Å². The molecular weight excluding hydrogens is 272 g/mol. The van der Waals surface area contributed by atoms with Crippen LogP contribution < -0.4 is 10.1 Å². The van der Waals surface area contributed by atoms with Crippen LogP contribution in [0.4, 0.5) is 14.5 Å². The maximum atomic E-state index is 12.1. The van der Waals surface area contributed by atoms with Crippen molar-refractivity contribution < 1.29 is 28.2 Å². The average molecular weight is 285 g/mol. The molecule has 0 aromatic heterocycles. The number of anilines is 1. The molecule has 20 heavy (non-hydrogen) atoms. The second-order valence-electron chi connectivity index (χ2n) is 4.52. The predicted octanol–water partition coefficient (Wildman–Crippen LogP) is 2.34. The summed E-state index contributed by atoms with van der Waals surface area (Å²) in [6, 6.07) is 5.58. The fourth-order valence-corrected chi connectivity index (χ4v) is 2.09. The molecule has 2 atom stereocenters. The van der Waals surface area contributed by atoms with Crippen LogP contribution in [0.1, 0.15) is 12.8 Å². The molecule has 0 radical (unpaired) electrons. The molecule has 5 nitrogen and oxygen atoms in total. The van der Waals surface area contributed by atoms with Gasteiger partial charge in [-0.1, -0.05) is 6.07 Å². The van der Waals surface area contributed by atoms with E-state index < -0.39 is 30.3 Å². The first kappa shape index (κ1) is 14.2. The molecule has 1 amide bonds. The zero-order valence-electron chi connectivity index (χ0n) is 10.4. The number of ether oxygens (including phenoxy) is 1. The van der Waals surface area contributed by atoms with Gasteiger partial charge in [0.15, 0.2) is 0 Å². The summed E-state index contributed by atoms with van der Waals surface area (Å²) < 4.78 is 28.4. The van der Waals surface area contributed by atoms with Crippen molar-refractivity contribution in [3.8, 4) is 5.75 Å². The number of hydrogen-bond donors (Lipinski definition) is 2. The van der Waals surface area contributed by atoms with Gasteiger partial charge in [0, 0.05) is 11.8 Å². The molecule has 0 spiro atoms. The van der Waals surface area contributed by atoms with Crippen LogP contribution in [0, 0.1) is 11.8 Å². The number of alkyl halides is 2. The highest BCUT2D eigenvalue weighted by atomic mass is 19.3. The van der Waals surface area contributed by atoms with E-state index in [0.717, 1.165) is 0 Å².